The Morgan fingerprint density at radius 3 is 2.87 bits per heavy atom. The molecule has 0 bridgehead atoms. The van der Waals surface area contributed by atoms with Crippen LogP contribution in [0.25, 0.3) is 10.9 Å². The van der Waals surface area contributed by atoms with Gasteiger partial charge in [0.15, 0.2) is 0 Å². The minimum atomic E-state index is -0.908. The molecule has 0 saturated carbocycles. The molecule has 0 aliphatic carbocycles. The van der Waals surface area contributed by atoms with Crippen LogP contribution < -0.4 is 0 Å². The second kappa shape index (κ2) is 5.71. The van der Waals surface area contributed by atoms with E-state index < -0.39 is 16.8 Å². The van der Waals surface area contributed by atoms with Gasteiger partial charge >= 0.3 is 5.97 Å². The van der Waals surface area contributed by atoms with Crippen LogP contribution in [0, 0.1) is 16.0 Å². The zero-order valence-electron chi connectivity index (χ0n) is 12.2. The summed E-state index contributed by atoms with van der Waals surface area (Å²) < 4.78 is 0. The topological polar surface area (TPSA) is 117 Å². The molecule has 8 heteroatoms. The van der Waals surface area contributed by atoms with Crippen LogP contribution in [0.4, 0.5) is 5.69 Å². The number of amides is 1. The van der Waals surface area contributed by atoms with Crippen LogP contribution in [0.1, 0.15) is 23.3 Å². The first kappa shape index (κ1) is 15.0. The van der Waals surface area contributed by atoms with E-state index in [4.69, 9.17) is 5.11 Å². The van der Waals surface area contributed by atoms with Crippen LogP contribution in [0.2, 0.25) is 0 Å². The fraction of sp³-hybridized carbons (Fsp3) is 0.333. The number of piperidine rings is 1. The Kier molecular flexibility index (Phi) is 3.73. The number of fused-ring (bicyclic) bond motifs is 1. The van der Waals surface area contributed by atoms with Crippen molar-refractivity contribution in [3.8, 4) is 0 Å². The lowest BCUT2D eigenvalue weighted by molar-refractivity contribution is -0.383. The summed E-state index contributed by atoms with van der Waals surface area (Å²) in [4.78, 5) is 38.5. The van der Waals surface area contributed by atoms with E-state index in [2.05, 4.69) is 4.98 Å². The minimum Gasteiger partial charge on any atom is -0.481 e. The summed E-state index contributed by atoms with van der Waals surface area (Å²) in [5, 5.41) is 20.7. The number of para-hydroxylation sites is 1. The molecule has 1 aromatic carbocycles. The van der Waals surface area contributed by atoms with E-state index in [9.17, 15) is 19.7 Å². The zero-order valence-corrected chi connectivity index (χ0v) is 12.2. The average molecular weight is 317 g/mol. The van der Waals surface area contributed by atoms with Crippen LogP contribution in [-0.4, -0.2) is 44.9 Å². The Balaban J connectivity index is 1.91. The third-order valence-electron chi connectivity index (χ3n) is 4.12. The van der Waals surface area contributed by atoms with Crippen molar-refractivity contribution < 1.29 is 19.6 Å². The van der Waals surface area contributed by atoms with Crippen molar-refractivity contribution in [1.29, 1.82) is 0 Å². The molecule has 1 fully saturated rings. The molecular weight excluding hydrogens is 302 g/mol. The molecule has 23 heavy (non-hydrogen) atoms. The van der Waals surface area contributed by atoms with Gasteiger partial charge in [-0.1, -0.05) is 12.1 Å². The van der Waals surface area contributed by atoms with E-state index >= 15 is 0 Å². The number of nitrogens with zero attached hydrogens (tertiary/aromatic N) is 2. The lowest BCUT2D eigenvalue weighted by Crippen LogP contribution is -2.42. The second-order valence-electron chi connectivity index (χ2n) is 5.61. The van der Waals surface area contributed by atoms with E-state index in [1.165, 1.54) is 11.0 Å². The molecule has 120 valence electrons. The zero-order chi connectivity index (χ0) is 16.6. The fourth-order valence-corrected chi connectivity index (χ4v) is 2.94. The molecule has 1 aliphatic rings. The molecule has 1 aromatic heterocycles. The summed E-state index contributed by atoms with van der Waals surface area (Å²) in [6.45, 7) is 0.645. The molecule has 2 N–H and O–H groups in total. The number of nitro groups is 1. The summed E-state index contributed by atoms with van der Waals surface area (Å²) in [5.74, 6) is -1.80. The number of aromatic amines is 1. The summed E-state index contributed by atoms with van der Waals surface area (Å²) in [5.41, 5.74) is 0.441. The van der Waals surface area contributed by atoms with Crippen LogP contribution >= 0.6 is 0 Å². The predicted octanol–water partition coefficient (Wildman–Crippen LogP) is 2.01. The Morgan fingerprint density at radius 1 is 1.39 bits per heavy atom. The van der Waals surface area contributed by atoms with E-state index in [1.54, 1.807) is 18.2 Å². The highest BCUT2D eigenvalue weighted by atomic mass is 16.6. The van der Waals surface area contributed by atoms with Crippen molar-refractivity contribution in [3.63, 3.8) is 0 Å². The normalized spacial score (nSPS) is 18.1. The number of carboxylic acid groups (broad SMARTS) is 1. The quantitative estimate of drug-likeness (QED) is 0.663. The average Bonchev–Trinajstić information content (AvgIpc) is 2.97. The van der Waals surface area contributed by atoms with Crippen molar-refractivity contribution >= 4 is 28.5 Å². The summed E-state index contributed by atoms with van der Waals surface area (Å²) in [6, 6.07) is 6.18. The minimum absolute atomic E-state index is 0.0939. The molecule has 1 aliphatic heterocycles. The highest BCUT2D eigenvalue weighted by Crippen LogP contribution is 2.26. The van der Waals surface area contributed by atoms with Crippen molar-refractivity contribution in [3.05, 3.63) is 40.1 Å². The lowest BCUT2D eigenvalue weighted by atomic mass is 9.98. The van der Waals surface area contributed by atoms with Gasteiger partial charge in [0.25, 0.3) is 11.6 Å². The number of nitro benzene ring substituents is 1. The summed E-state index contributed by atoms with van der Waals surface area (Å²) >= 11 is 0. The third kappa shape index (κ3) is 2.75. The van der Waals surface area contributed by atoms with Crippen LogP contribution in [0.5, 0.6) is 0 Å². The molecule has 2 aromatic rings. The second-order valence-corrected chi connectivity index (χ2v) is 5.61. The van der Waals surface area contributed by atoms with Gasteiger partial charge in [-0.25, -0.2) is 0 Å². The van der Waals surface area contributed by atoms with Gasteiger partial charge < -0.3 is 15.0 Å². The molecule has 0 spiro atoms. The monoisotopic (exact) mass is 317 g/mol. The predicted molar refractivity (Wildman–Crippen MR) is 81.2 cm³/mol. The number of aromatic nitrogens is 1. The van der Waals surface area contributed by atoms with Gasteiger partial charge in [-0.15, -0.1) is 0 Å². The molecule has 0 unspecified atom stereocenters. The maximum atomic E-state index is 12.6. The number of H-pyrrole nitrogens is 1. The molecule has 2 heterocycles. The standard InChI is InChI=1S/C15H15N3O5/c19-14(17-6-2-4-10(8-17)15(20)21)11-7-9-3-1-5-12(18(22)23)13(9)16-11/h1,3,5,7,10,16H,2,4,6,8H2,(H,20,21)/t10-/m0/s1. The van der Waals surface area contributed by atoms with Gasteiger partial charge in [-0.3, -0.25) is 19.7 Å². The van der Waals surface area contributed by atoms with Crippen molar-refractivity contribution in [1.82, 2.24) is 9.88 Å². The number of benzene rings is 1. The van der Waals surface area contributed by atoms with Crippen LogP contribution in [0.3, 0.4) is 0 Å². The van der Waals surface area contributed by atoms with Crippen molar-refractivity contribution in [2.24, 2.45) is 5.92 Å². The number of carbonyl (C=O) groups excluding carboxylic acids is 1. The maximum absolute atomic E-state index is 12.6. The van der Waals surface area contributed by atoms with Gasteiger partial charge in [-0.2, -0.15) is 0 Å². The van der Waals surface area contributed by atoms with Crippen molar-refractivity contribution in [2.45, 2.75) is 12.8 Å². The number of nitrogens with one attached hydrogen (secondary N) is 1. The summed E-state index contributed by atoms with van der Waals surface area (Å²) in [7, 11) is 0. The Labute approximate surface area is 130 Å². The number of rotatable bonds is 3. The first-order valence-corrected chi connectivity index (χ1v) is 7.25. The van der Waals surface area contributed by atoms with E-state index in [0.29, 0.717) is 30.3 Å². The van der Waals surface area contributed by atoms with E-state index in [0.717, 1.165) is 0 Å². The third-order valence-corrected chi connectivity index (χ3v) is 4.12. The Morgan fingerprint density at radius 2 is 2.17 bits per heavy atom. The molecule has 1 saturated heterocycles. The van der Waals surface area contributed by atoms with Gasteiger partial charge in [0.2, 0.25) is 0 Å². The van der Waals surface area contributed by atoms with Crippen LogP contribution in [-0.2, 0) is 4.79 Å². The molecule has 8 nitrogen and oxygen atoms in total. The number of non-ortho nitro benzene ring substituents is 1. The Hall–Kier alpha value is -2.90. The van der Waals surface area contributed by atoms with E-state index in [-0.39, 0.29) is 23.8 Å². The largest absolute Gasteiger partial charge is 0.481 e. The highest BCUT2D eigenvalue weighted by molar-refractivity contribution is 6.00. The number of aliphatic carboxylic acids is 1. The van der Waals surface area contributed by atoms with Crippen molar-refractivity contribution in [2.75, 3.05) is 13.1 Å². The maximum Gasteiger partial charge on any atom is 0.308 e. The molecule has 0 radical (unpaired) electrons. The molecule has 1 atom stereocenters. The van der Waals surface area contributed by atoms with E-state index in [1.807, 2.05) is 0 Å². The van der Waals surface area contributed by atoms with Gasteiger partial charge in [-0.05, 0) is 18.9 Å². The first-order chi connectivity index (χ1) is 11.0. The SMILES string of the molecule is O=C(O)[C@H]1CCCN(C(=O)c2cc3cccc([N+](=O)[O-])c3[nH]2)C1. The lowest BCUT2D eigenvalue weighted by Gasteiger charge is -2.30. The highest BCUT2D eigenvalue weighted by Gasteiger charge is 2.29. The number of carbonyl (C=O) groups is 2. The van der Waals surface area contributed by atoms with Gasteiger partial charge in [0.05, 0.1) is 10.8 Å². The number of hydrogen-bond acceptors (Lipinski definition) is 4. The first-order valence-electron chi connectivity index (χ1n) is 7.25. The smallest absolute Gasteiger partial charge is 0.308 e. The number of hydrogen-bond donors (Lipinski definition) is 2. The summed E-state index contributed by atoms with van der Waals surface area (Å²) in [6.07, 6.45) is 1.18. The molecule has 3 rings (SSSR count). The van der Waals surface area contributed by atoms with Gasteiger partial charge in [0, 0.05) is 24.5 Å². The number of likely N-dealkylation sites (tertiary alicyclic amines) is 1. The Bertz CT molecular complexity index is 798. The van der Waals surface area contributed by atoms with Crippen LogP contribution in [0.15, 0.2) is 24.3 Å². The number of carboxylic acids is 1. The molecular formula is C15H15N3O5. The fourth-order valence-electron chi connectivity index (χ4n) is 2.94. The van der Waals surface area contributed by atoms with Gasteiger partial charge in [0.1, 0.15) is 11.2 Å². The molecule has 1 amide bonds.